The highest BCUT2D eigenvalue weighted by atomic mass is 32.2. The molecule has 206 valence electrons. The third-order valence-electron chi connectivity index (χ3n) is 4.98. The number of carboxylic acid groups (broad SMARTS) is 1. The molecule has 0 aliphatic carbocycles. The number of rotatable bonds is 10. The van der Waals surface area contributed by atoms with Crippen molar-refractivity contribution in [1.29, 1.82) is 0 Å². The summed E-state index contributed by atoms with van der Waals surface area (Å²) in [6.07, 6.45) is 1.74. The van der Waals surface area contributed by atoms with Gasteiger partial charge >= 0.3 is 17.9 Å². The highest BCUT2D eigenvalue weighted by Gasteiger charge is 2.54. The second-order valence-corrected chi connectivity index (χ2v) is 11.6. The van der Waals surface area contributed by atoms with Crippen molar-refractivity contribution in [3.63, 3.8) is 0 Å². The average molecular weight is 588 g/mol. The van der Waals surface area contributed by atoms with Crippen molar-refractivity contribution in [2.24, 2.45) is 10.6 Å². The summed E-state index contributed by atoms with van der Waals surface area (Å²) < 4.78 is 10.1. The number of ether oxygens (including phenoxy) is 2. The number of nitrogen functional groups attached to an aromatic ring is 1. The van der Waals surface area contributed by atoms with Gasteiger partial charge in [-0.1, -0.05) is 5.16 Å². The smallest absolute Gasteiger partial charge is 0.358 e. The molecular weight excluding hydrogens is 562 g/mol. The molecule has 1 aromatic heterocycles. The van der Waals surface area contributed by atoms with Gasteiger partial charge in [-0.3, -0.25) is 19.3 Å². The van der Waals surface area contributed by atoms with E-state index in [0.717, 1.165) is 11.3 Å². The quantitative estimate of drug-likeness (QED) is 0.113. The van der Waals surface area contributed by atoms with Gasteiger partial charge in [0.25, 0.3) is 11.8 Å². The Bertz CT molecular complexity index is 1210. The molecule has 2 aliphatic heterocycles. The largest absolute Gasteiger partial charge is 0.479 e. The van der Waals surface area contributed by atoms with E-state index >= 15 is 0 Å². The maximum atomic E-state index is 13.1. The maximum Gasteiger partial charge on any atom is 0.358 e. The van der Waals surface area contributed by atoms with Gasteiger partial charge < -0.3 is 30.5 Å². The first kappa shape index (κ1) is 29.2. The van der Waals surface area contributed by atoms with Gasteiger partial charge in [-0.05, 0) is 27.0 Å². The fraction of sp³-hybridized carbons (Fsp3) is 0.476. The zero-order valence-corrected chi connectivity index (χ0v) is 23.2. The number of esters is 2. The number of oxime groups is 1. The van der Waals surface area contributed by atoms with Gasteiger partial charge in [-0.25, -0.2) is 14.6 Å². The molecule has 17 heteroatoms. The molecule has 3 rings (SSSR count). The molecule has 2 amide bonds. The number of hydrogen-bond acceptors (Lipinski definition) is 14. The van der Waals surface area contributed by atoms with Crippen LogP contribution in [0.3, 0.4) is 0 Å². The number of hydrogen-bond donors (Lipinski definition) is 3. The molecule has 1 aromatic rings. The lowest BCUT2D eigenvalue weighted by Crippen LogP contribution is -2.71. The lowest BCUT2D eigenvalue weighted by atomic mass is 9.98. The van der Waals surface area contributed by atoms with Crippen LogP contribution in [0.2, 0.25) is 0 Å². The van der Waals surface area contributed by atoms with Crippen LogP contribution in [0, 0.1) is 5.41 Å². The third kappa shape index (κ3) is 6.57. The molecule has 0 aromatic carbocycles. The Morgan fingerprint density at radius 1 is 1.32 bits per heavy atom. The number of nitrogens with zero attached hydrogens (tertiary/aromatic N) is 3. The minimum atomic E-state index is -1.31. The van der Waals surface area contributed by atoms with Gasteiger partial charge in [0.05, 0.1) is 5.41 Å². The number of aromatic nitrogens is 1. The predicted octanol–water partition coefficient (Wildman–Crippen LogP) is 0.595. The van der Waals surface area contributed by atoms with Crippen molar-refractivity contribution in [3.05, 3.63) is 21.7 Å². The lowest BCUT2D eigenvalue weighted by Gasteiger charge is -2.49. The second-order valence-electron chi connectivity index (χ2n) is 8.75. The molecule has 2 aliphatic rings. The molecule has 3 heterocycles. The summed E-state index contributed by atoms with van der Waals surface area (Å²) in [6, 6.07) is -1.03. The van der Waals surface area contributed by atoms with E-state index < -0.39 is 60.0 Å². The number of aliphatic carboxylic acids is 1. The van der Waals surface area contributed by atoms with Gasteiger partial charge in [0, 0.05) is 16.0 Å². The highest BCUT2D eigenvalue weighted by molar-refractivity contribution is 8.05. The van der Waals surface area contributed by atoms with E-state index in [9.17, 15) is 24.0 Å². The van der Waals surface area contributed by atoms with Crippen LogP contribution in [0.1, 0.15) is 26.5 Å². The molecule has 0 saturated carbocycles. The first-order valence-corrected chi connectivity index (χ1v) is 14.0. The first-order chi connectivity index (χ1) is 17.8. The second kappa shape index (κ2) is 12.0. The van der Waals surface area contributed by atoms with E-state index in [-0.39, 0.29) is 22.2 Å². The Balaban J connectivity index is 1.72. The van der Waals surface area contributed by atoms with Crippen LogP contribution in [-0.4, -0.2) is 87.2 Å². The molecule has 1 fully saturated rings. The number of anilines is 1. The number of thiazole rings is 1. The summed E-state index contributed by atoms with van der Waals surface area (Å²) in [5, 5.41) is 15.8. The number of nitrogens with two attached hydrogens (primary N) is 1. The van der Waals surface area contributed by atoms with Gasteiger partial charge in [-0.2, -0.15) is 0 Å². The Morgan fingerprint density at radius 2 is 2.03 bits per heavy atom. The lowest BCUT2D eigenvalue weighted by molar-refractivity contribution is -0.173. The van der Waals surface area contributed by atoms with E-state index in [2.05, 4.69) is 15.5 Å². The van der Waals surface area contributed by atoms with Crippen molar-refractivity contribution in [2.75, 3.05) is 31.1 Å². The predicted molar refractivity (Wildman–Crippen MR) is 139 cm³/mol. The Hall–Kier alpha value is -3.31. The van der Waals surface area contributed by atoms with E-state index in [1.165, 1.54) is 33.8 Å². The molecule has 14 nitrogen and oxygen atoms in total. The molecule has 0 bridgehead atoms. The molecular formula is C21H25N5O9S3. The van der Waals surface area contributed by atoms with Crippen LogP contribution >= 0.6 is 34.9 Å². The third-order valence-corrected chi connectivity index (χ3v) is 7.94. The molecule has 1 saturated heterocycles. The standard InChI is InChI=1S/C21H25N5O9S3/c1-21(2,3)19(32)34-8-33-18(31)14-10(36-4)7-37-17-13(16(30)26(14)17)24-15(29)12(25-35-5-11(27)28)9-6-38-20(22)23-9/h6,13,17H,5,7-8H2,1-4H3,(H2,22,23)(H,24,29)(H,27,28)/t13?,17-/m0/s1. The number of β-lactam (4-membered cyclic amide) rings is 1. The minimum absolute atomic E-state index is 0.00881. The highest BCUT2D eigenvalue weighted by Crippen LogP contribution is 2.43. The number of carbonyl (C=O) groups is 5. The van der Waals surface area contributed by atoms with Crippen LogP contribution in [-0.2, 0) is 38.3 Å². The normalized spacial score (nSPS) is 19.3. The van der Waals surface area contributed by atoms with Crippen LogP contribution in [0.15, 0.2) is 21.1 Å². The summed E-state index contributed by atoms with van der Waals surface area (Å²) in [4.78, 5) is 72.1. The number of carboxylic acids is 1. The van der Waals surface area contributed by atoms with Crippen molar-refractivity contribution < 1.29 is 43.4 Å². The van der Waals surface area contributed by atoms with Gasteiger partial charge in [-0.15, -0.1) is 34.9 Å². The zero-order valence-electron chi connectivity index (χ0n) is 20.7. The number of nitrogens with one attached hydrogen (secondary N) is 1. The Morgan fingerprint density at radius 3 is 2.61 bits per heavy atom. The Labute approximate surface area is 229 Å². The van der Waals surface area contributed by atoms with Gasteiger partial charge in [0.1, 0.15) is 22.8 Å². The van der Waals surface area contributed by atoms with Crippen molar-refractivity contribution in [3.8, 4) is 0 Å². The van der Waals surface area contributed by atoms with E-state index in [0.29, 0.717) is 10.7 Å². The average Bonchev–Trinajstić information content (AvgIpc) is 3.28. The molecule has 0 spiro atoms. The fourth-order valence-electron chi connectivity index (χ4n) is 3.12. The van der Waals surface area contributed by atoms with Crippen molar-refractivity contribution >= 4 is 75.4 Å². The molecule has 1 unspecified atom stereocenters. The molecule has 4 N–H and O–H groups in total. The molecule has 0 radical (unpaired) electrons. The number of fused-ring (bicyclic) bond motifs is 1. The van der Waals surface area contributed by atoms with Crippen LogP contribution < -0.4 is 11.1 Å². The van der Waals surface area contributed by atoms with Crippen LogP contribution in [0.5, 0.6) is 0 Å². The van der Waals surface area contributed by atoms with Crippen LogP contribution in [0.25, 0.3) is 0 Å². The summed E-state index contributed by atoms with van der Waals surface area (Å²) in [6.45, 7) is 3.54. The number of thioether (sulfide) groups is 2. The first-order valence-electron chi connectivity index (χ1n) is 10.8. The van der Waals surface area contributed by atoms with Crippen molar-refractivity contribution in [1.82, 2.24) is 15.2 Å². The molecule has 38 heavy (non-hydrogen) atoms. The summed E-state index contributed by atoms with van der Waals surface area (Å²) in [5.41, 5.74) is 4.52. The zero-order chi connectivity index (χ0) is 28.2. The van der Waals surface area contributed by atoms with Crippen LogP contribution in [0.4, 0.5) is 5.13 Å². The van der Waals surface area contributed by atoms with Crippen molar-refractivity contribution in [2.45, 2.75) is 32.2 Å². The Kier molecular flexibility index (Phi) is 9.26. The van der Waals surface area contributed by atoms with E-state index in [4.69, 9.17) is 25.2 Å². The summed E-state index contributed by atoms with van der Waals surface area (Å²) >= 11 is 3.61. The van der Waals surface area contributed by atoms with E-state index in [1.54, 1.807) is 27.0 Å². The monoisotopic (exact) mass is 587 g/mol. The van der Waals surface area contributed by atoms with E-state index in [1.807, 2.05) is 0 Å². The summed E-state index contributed by atoms with van der Waals surface area (Å²) in [7, 11) is 0. The number of amides is 2. The number of carbonyl (C=O) groups excluding carboxylic acids is 4. The SMILES string of the molecule is CSC1=C(C(=O)OCOC(=O)C(C)(C)C)N2C(=O)C(NC(=O)C(=NOCC(=O)O)c3csc(N)n3)[C@@H]2SC1. The topological polar surface area (TPSA) is 200 Å². The van der Waals surface area contributed by atoms with Gasteiger partial charge in [0.2, 0.25) is 13.4 Å². The minimum Gasteiger partial charge on any atom is -0.479 e. The maximum absolute atomic E-state index is 13.1. The molecule has 2 atom stereocenters. The fourth-order valence-corrected chi connectivity index (χ4v) is 5.91. The summed E-state index contributed by atoms with van der Waals surface area (Å²) in [5.74, 6) is -3.78. The van der Waals surface area contributed by atoms with Gasteiger partial charge in [0.15, 0.2) is 10.8 Å².